The maximum atomic E-state index is 5.25. The molecule has 0 aliphatic heterocycles. The zero-order valence-corrected chi connectivity index (χ0v) is 25.4. The van der Waals surface area contributed by atoms with Crippen molar-refractivity contribution in [3.63, 3.8) is 0 Å². The number of fused-ring (bicyclic) bond motifs is 6. The summed E-state index contributed by atoms with van der Waals surface area (Å²) in [5.41, 5.74) is 9.16. The van der Waals surface area contributed by atoms with Gasteiger partial charge in [-0.3, -0.25) is 9.55 Å². The Morgan fingerprint density at radius 2 is 1.02 bits per heavy atom. The van der Waals surface area contributed by atoms with Gasteiger partial charge in [0.15, 0.2) is 11.6 Å². The predicted octanol–water partition coefficient (Wildman–Crippen LogP) is 9.41. The normalized spacial score (nSPS) is 11.7. The molecule has 0 aliphatic carbocycles. The molecule has 0 atom stereocenters. The van der Waals surface area contributed by atoms with E-state index >= 15 is 0 Å². The SMILES string of the molecule is Cc1cc2c(c(C)n1)c1ccccc1n2-c1ccccc1-c1nc(-c2ccccc2)nc(-n2c3ccccc3c3ccccc32)n1. The van der Waals surface area contributed by atoms with Crippen LogP contribution in [-0.2, 0) is 0 Å². The summed E-state index contributed by atoms with van der Waals surface area (Å²) < 4.78 is 4.48. The van der Waals surface area contributed by atoms with E-state index in [-0.39, 0.29) is 0 Å². The van der Waals surface area contributed by atoms with Crippen molar-refractivity contribution >= 4 is 43.6 Å². The van der Waals surface area contributed by atoms with E-state index in [9.17, 15) is 0 Å². The van der Waals surface area contributed by atoms with Crippen LogP contribution in [0.15, 0.2) is 133 Å². The van der Waals surface area contributed by atoms with Crippen LogP contribution in [0.4, 0.5) is 0 Å². The summed E-state index contributed by atoms with van der Waals surface area (Å²) in [5, 5.41) is 4.64. The molecule has 9 rings (SSSR count). The van der Waals surface area contributed by atoms with Crippen LogP contribution in [0.25, 0.3) is 78.0 Å². The lowest BCUT2D eigenvalue weighted by atomic mass is 10.1. The van der Waals surface area contributed by atoms with E-state index in [0.717, 1.165) is 66.4 Å². The van der Waals surface area contributed by atoms with Gasteiger partial charge >= 0.3 is 0 Å². The summed E-state index contributed by atoms with van der Waals surface area (Å²) in [6.45, 7) is 4.14. The van der Waals surface area contributed by atoms with E-state index < -0.39 is 0 Å². The predicted molar refractivity (Wildman–Crippen MR) is 187 cm³/mol. The van der Waals surface area contributed by atoms with E-state index in [4.69, 9.17) is 19.9 Å². The Balaban J connectivity index is 1.37. The fourth-order valence-electron chi connectivity index (χ4n) is 6.88. The topological polar surface area (TPSA) is 61.4 Å². The minimum absolute atomic E-state index is 0.578. The van der Waals surface area contributed by atoms with Gasteiger partial charge in [0.25, 0.3) is 0 Å². The minimum Gasteiger partial charge on any atom is -0.308 e. The Bertz CT molecular complexity index is 2560. The Labute approximate surface area is 265 Å². The molecule has 46 heavy (non-hydrogen) atoms. The quantitative estimate of drug-likeness (QED) is 0.204. The van der Waals surface area contributed by atoms with Crippen LogP contribution in [0.2, 0.25) is 0 Å². The third-order valence-electron chi connectivity index (χ3n) is 8.78. The fourth-order valence-corrected chi connectivity index (χ4v) is 6.88. The Hall–Kier alpha value is -6.14. The molecular weight excluding hydrogens is 564 g/mol. The van der Waals surface area contributed by atoms with Gasteiger partial charge in [0.1, 0.15) is 0 Å². The van der Waals surface area contributed by atoms with Crippen molar-refractivity contribution in [3.8, 4) is 34.4 Å². The Morgan fingerprint density at radius 1 is 0.457 bits per heavy atom. The van der Waals surface area contributed by atoms with Crippen LogP contribution >= 0.6 is 0 Å². The first-order valence-corrected chi connectivity index (χ1v) is 15.4. The monoisotopic (exact) mass is 592 g/mol. The van der Waals surface area contributed by atoms with E-state index in [1.165, 1.54) is 5.39 Å². The van der Waals surface area contributed by atoms with Gasteiger partial charge in [-0.15, -0.1) is 0 Å². The number of rotatable bonds is 4. The second-order valence-corrected chi connectivity index (χ2v) is 11.6. The van der Waals surface area contributed by atoms with Crippen LogP contribution in [0.5, 0.6) is 0 Å². The van der Waals surface area contributed by atoms with Crippen LogP contribution in [0.3, 0.4) is 0 Å². The van der Waals surface area contributed by atoms with Gasteiger partial charge in [0.05, 0.1) is 27.8 Å². The first-order chi connectivity index (χ1) is 22.7. The van der Waals surface area contributed by atoms with E-state index in [2.05, 4.69) is 126 Å². The second kappa shape index (κ2) is 10.2. The van der Waals surface area contributed by atoms with Gasteiger partial charge in [0, 0.05) is 44.1 Å². The highest BCUT2D eigenvalue weighted by Gasteiger charge is 2.21. The summed E-state index contributed by atoms with van der Waals surface area (Å²) in [6, 6.07) is 46.1. The van der Waals surface area contributed by atoms with Gasteiger partial charge in [0.2, 0.25) is 5.95 Å². The van der Waals surface area contributed by atoms with Crippen molar-refractivity contribution in [2.45, 2.75) is 13.8 Å². The Morgan fingerprint density at radius 3 is 1.74 bits per heavy atom. The molecule has 0 bridgehead atoms. The molecule has 218 valence electrons. The Kier molecular flexibility index (Phi) is 5.83. The highest BCUT2D eigenvalue weighted by atomic mass is 15.2. The minimum atomic E-state index is 0.578. The molecule has 6 heteroatoms. The number of pyridine rings is 1. The van der Waals surface area contributed by atoms with Crippen molar-refractivity contribution in [1.82, 2.24) is 29.1 Å². The molecular formula is C40H28N6. The maximum absolute atomic E-state index is 5.25. The molecule has 0 aliphatic rings. The molecule has 4 aromatic heterocycles. The smallest absolute Gasteiger partial charge is 0.238 e. The van der Waals surface area contributed by atoms with Gasteiger partial charge in [-0.1, -0.05) is 97.1 Å². The lowest BCUT2D eigenvalue weighted by Crippen LogP contribution is -2.07. The molecule has 6 nitrogen and oxygen atoms in total. The molecule has 4 heterocycles. The average Bonchev–Trinajstić information content (AvgIpc) is 3.61. The van der Waals surface area contributed by atoms with E-state index in [1.54, 1.807) is 0 Å². The highest BCUT2D eigenvalue weighted by Crippen LogP contribution is 2.38. The van der Waals surface area contributed by atoms with Crippen molar-refractivity contribution in [2.24, 2.45) is 0 Å². The maximum Gasteiger partial charge on any atom is 0.238 e. The fraction of sp³-hybridized carbons (Fsp3) is 0.0500. The van der Waals surface area contributed by atoms with Crippen LogP contribution in [0.1, 0.15) is 11.4 Å². The van der Waals surface area contributed by atoms with Gasteiger partial charge in [-0.25, -0.2) is 4.98 Å². The summed E-state index contributed by atoms with van der Waals surface area (Å²) >= 11 is 0. The summed E-state index contributed by atoms with van der Waals surface area (Å²) in [5.74, 6) is 1.80. The first kappa shape index (κ1) is 26.3. The molecule has 0 fully saturated rings. The standard InChI is InChI=1S/C40H28N6/c1-25-24-36-37(26(2)41-25)30-18-8-12-22-34(30)45(36)35-23-13-9-19-31(35)39-42-38(27-14-4-3-5-15-27)43-40(44-39)46-32-20-10-6-16-28(32)29-17-7-11-21-33(29)46/h3-24H,1-2H3. The average molecular weight is 593 g/mol. The lowest BCUT2D eigenvalue weighted by Gasteiger charge is -2.15. The summed E-state index contributed by atoms with van der Waals surface area (Å²) in [6.07, 6.45) is 0. The van der Waals surface area contributed by atoms with Gasteiger partial charge in [-0.05, 0) is 50.2 Å². The van der Waals surface area contributed by atoms with Crippen molar-refractivity contribution in [1.29, 1.82) is 0 Å². The zero-order chi connectivity index (χ0) is 30.8. The molecule has 0 saturated carbocycles. The number of hydrogen-bond acceptors (Lipinski definition) is 4. The van der Waals surface area contributed by atoms with Crippen LogP contribution in [-0.4, -0.2) is 29.1 Å². The molecule has 0 amide bonds. The third-order valence-corrected chi connectivity index (χ3v) is 8.78. The molecule has 9 aromatic rings. The molecule has 0 radical (unpaired) electrons. The number of hydrogen-bond donors (Lipinski definition) is 0. The first-order valence-electron chi connectivity index (χ1n) is 15.4. The highest BCUT2D eigenvalue weighted by molar-refractivity contribution is 6.11. The van der Waals surface area contributed by atoms with E-state index in [0.29, 0.717) is 17.6 Å². The lowest BCUT2D eigenvalue weighted by molar-refractivity contribution is 0.951. The van der Waals surface area contributed by atoms with Crippen molar-refractivity contribution in [2.75, 3.05) is 0 Å². The molecule has 0 unspecified atom stereocenters. The summed E-state index contributed by atoms with van der Waals surface area (Å²) in [7, 11) is 0. The largest absolute Gasteiger partial charge is 0.308 e. The summed E-state index contributed by atoms with van der Waals surface area (Å²) in [4.78, 5) is 20.3. The van der Waals surface area contributed by atoms with Gasteiger partial charge < -0.3 is 4.57 Å². The third kappa shape index (κ3) is 3.97. The van der Waals surface area contributed by atoms with Crippen LogP contribution < -0.4 is 0 Å². The number of nitrogens with zero attached hydrogens (tertiary/aromatic N) is 6. The van der Waals surface area contributed by atoms with E-state index in [1.807, 2.05) is 30.3 Å². The number of benzene rings is 5. The van der Waals surface area contributed by atoms with Gasteiger partial charge in [-0.2, -0.15) is 9.97 Å². The molecule has 0 saturated heterocycles. The van der Waals surface area contributed by atoms with Crippen molar-refractivity contribution < 1.29 is 0 Å². The zero-order valence-electron chi connectivity index (χ0n) is 25.4. The molecule has 0 spiro atoms. The van der Waals surface area contributed by atoms with Crippen molar-refractivity contribution in [3.05, 3.63) is 145 Å². The number of aromatic nitrogens is 6. The second-order valence-electron chi connectivity index (χ2n) is 11.6. The van der Waals surface area contributed by atoms with Crippen LogP contribution in [0, 0.1) is 13.8 Å². The molecule has 5 aromatic carbocycles. The number of aryl methyl sites for hydroxylation is 2. The molecule has 0 N–H and O–H groups in total. The number of para-hydroxylation sites is 4.